The van der Waals surface area contributed by atoms with Gasteiger partial charge in [0.15, 0.2) is 17.5 Å². The minimum Gasteiger partial charge on any atom is -0.208 e. The molecule has 4 fully saturated rings. The Morgan fingerprint density at radius 3 is 1.60 bits per heavy atom. The number of nitrogens with zero attached hydrogens (tertiary/aromatic N) is 3. The highest BCUT2D eigenvalue weighted by molar-refractivity contribution is 7.26. The van der Waals surface area contributed by atoms with Gasteiger partial charge in [0.25, 0.3) is 0 Å². The van der Waals surface area contributed by atoms with Crippen molar-refractivity contribution in [1.29, 1.82) is 0 Å². The molecule has 0 radical (unpaired) electrons. The topological polar surface area (TPSA) is 38.7 Å². The van der Waals surface area contributed by atoms with Gasteiger partial charge in [-0.25, -0.2) is 15.0 Å². The lowest BCUT2D eigenvalue weighted by Crippen LogP contribution is -2.55. The monoisotopic (exact) mass is 845 g/mol. The highest BCUT2D eigenvalue weighted by Crippen LogP contribution is 2.71. The summed E-state index contributed by atoms with van der Waals surface area (Å²) in [4.78, 5) is 16.5. The lowest BCUT2D eigenvalue weighted by Gasteiger charge is -2.61. The summed E-state index contributed by atoms with van der Waals surface area (Å²) in [5.74, 6) is 5.22. The first-order valence-electron chi connectivity index (χ1n) is 22.9. The Bertz CT molecular complexity index is 3480. The summed E-state index contributed by atoms with van der Waals surface area (Å²) in [5, 5.41) is 5.05. The second-order valence-electron chi connectivity index (χ2n) is 19.9. The fourth-order valence-electron chi connectivity index (χ4n) is 14.1. The van der Waals surface area contributed by atoms with Crippen molar-refractivity contribution in [2.24, 2.45) is 23.7 Å². The molecule has 63 heavy (non-hydrogen) atoms. The van der Waals surface area contributed by atoms with Gasteiger partial charge in [-0.2, -0.15) is 0 Å². The van der Waals surface area contributed by atoms with Crippen molar-refractivity contribution in [1.82, 2.24) is 15.0 Å². The Balaban J connectivity index is 1.00. The molecule has 5 heteroatoms. The van der Waals surface area contributed by atoms with E-state index < -0.39 is 0 Å². The summed E-state index contributed by atoms with van der Waals surface area (Å²) in [7, 11) is 0. The Labute approximate surface area is 374 Å². The van der Waals surface area contributed by atoms with Crippen molar-refractivity contribution in [2.75, 3.05) is 0 Å². The minimum atomic E-state index is -0.0621. The lowest BCUT2D eigenvalue weighted by molar-refractivity contribution is -0.0399. The molecule has 4 saturated carbocycles. The Morgan fingerprint density at radius 1 is 0.413 bits per heavy atom. The largest absolute Gasteiger partial charge is 0.208 e. The number of rotatable bonds is 3. The molecule has 0 saturated heterocycles. The molecule has 0 amide bonds. The fraction of sp³-hybridized carbons (Fsp3) is 0.224. The average molecular weight is 846 g/mol. The van der Waals surface area contributed by atoms with Gasteiger partial charge >= 0.3 is 0 Å². The van der Waals surface area contributed by atoms with Gasteiger partial charge in [-0.15, -0.1) is 22.7 Å². The lowest BCUT2D eigenvalue weighted by atomic mass is 9.43. The normalized spacial score (nSPS) is 23.3. The van der Waals surface area contributed by atoms with Gasteiger partial charge in [-0.05, 0) is 155 Å². The van der Waals surface area contributed by atoms with Crippen LogP contribution in [0, 0.1) is 23.7 Å². The fourth-order valence-corrected chi connectivity index (χ4v) is 16.3. The van der Waals surface area contributed by atoms with Crippen LogP contribution in [0.4, 0.5) is 0 Å². The minimum absolute atomic E-state index is 0.00273. The molecule has 6 aliphatic carbocycles. The summed E-state index contributed by atoms with van der Waals surface area (Å²) in [6.07, 6.45) is 6.81. The Hall–Kier alpha value is -6.01. The van der Waals surface area contributed by atoms with Crippen LogP contribution in [-0.2, 0) is 10.8 Å². The average Bonchev–Trinajstić information content (AvgIpc) is 4.02. The van der Waals surface area contributed by atoms with Gasteiger partial charge < -0.3 is 0 Å². The van der Waals surface area contributed by atoms with E-state index in [-0.39, 0.29) is 10.8 Å². The third-order valence-corrected chi connectivity index (χ3v) is 18.8. The van der Waals surface area contributed by atoms with E-state index in [1.807, 2.05) is 22.7 Å². The van der Waals surface area contributed by atoms with Gasteiger partial charge in [-0.3, -0.25) is 0 Å². The standard InChI is InChI=1S/C58H43N3S2/c1-57(2)45-14-6-3-10-37(45)41-29-44-48(30-47(41)57)58(35-23-31-22-32(25-35)26-36(58)24-31)46-15-9-13-40(53(44)46)56-60-54(33-18-20-51-42(27-33)38-11-4-7-16-49(38)62-51)59-55(61-56)34-19-21-52-43(28-34)39-12-5-8-17-50(39)63-52/h3-21,27-32,35-36H,22-26H2,1-2H3. The zero-order valence-corrected chi connectivity index (χ0v) is 36.9. The van der Waals surface area contributed by atoms with Gasteiger partial charge in [0, 0.05) is 67.9 Å². The Kier molecular flexibility index (Phi) is 6.96. The van der Waals surface area contributed by atoms with Crippen molar-refractivity contribution in [3.05, 3.63) is 162 Å². The molecular formula is C58H43N3S2. The first kappa shape index (κ1) is 35.5. The quantitative estimate of drug-likeness (QED) is 0.178. The van der Waals surface area contributed by atoms with Crippen molar-refractivity contribution in [2.45, 2.75) is 56.8 Å². The molecule has 10 aromatic rings. The van der Waals surface area contributed by atoms with E-state index in [1.54, 1.807) is 5.56 Å². The summed E-state index contributed by atoms with van der Waals surface area (Å²) in [5.41, 5.74) is 14.7. The molecule has 6 aliphatic rings. The van der Waals surface area contributed by atoms with Crippen LogP contribution in [0.2, 0.25) is 0 Å². The first-order valence-corrected chi connectivity index (χ1v) is 24.6. The number of aromatic nitrogens is 3. The highest BCUT2D eigenvalue weighted by atomic mass is 32.1. The predicted octanol–water partition coefficient (Wildman–Crippen LogP) is 15.6. The van der Waals surface area contributed by atoms with E-state index in [4.69, 9.17) is 15.0 Å². The molecule has 0 aliphatic heterocycles. The van der Waals surface area contributed by atoms with Crippen LogP contribution in [0.1, 0.15) is 68.2 Å². The number of fused-ring (bicyclic) bond motifs is 12. The summed E-state index contributed by atoms with van der Waals surface area (Å²) in [6.45, 7) is 4.89. The van der Waals surface area contributed by atoms with Crippen LogP contribution in [0.5, 0.6) is 0 Å². The zero-order valence-electron chi connectivity index (χ0n) is 35.3. The van der Waals surface area contributed by atoms with E-state index in [2.05, 4.69) is 153 Å². The van der Waals surface area contributed by atoms with E-state index in [9.17, 15) is 0 Å². The zero-order chi connectivity index (χ0) is 41.3. The predicted molar refractivity (Wildman–Crippen MR) is 263 cm³/mol. The SMILES string of the molecule is CC1(C)c2ccccc2-c2cc3c(cc21)C1(c2cccc(-c4nc(-c5ccc6sc7ccccc7c6c5)nc(-c5ccc6sc7ccccc7c6c5)n4)c2-3)C2CC3CC(C2)CC1C3. The van der Waals surface area contributed by atoms with Crippen molar-refractivity contribution >= 4 is 63.0 Å². The number of thiophene rings is 2. The molecular weight excluding hydrogens is 803 g/mol. The highest BCUT2D eigenvalue weighted by Gasteiger charge is 2.62. The van der Waals surface area contributed by atoms with Crippen LogP contribution < -0.4 is 0 Å². The second-order valence-corrected chi connectivity index (χ2v) is 22.1. The maximum Gasteiger partial charge on any atom is 0.164 e. The molecule has 302 valence electrons. The van der Waals surface area contributed by atoms with Crippen molar-refractivity contribution in [3.63, 3.8) is 0 Å². The Morgan fingerprint density at radius 2 is 0.952 bits per heavy atom. The number of hydrogen-bond donors (Lipinski definition) is 0. The van der Waals surface area contributed by atoms with Crippen LogP contribution in [0.25, 0.3) is 96.8 Å². The van der Waals surface area contributed by atoms with Crippen LogP contribution >= 0.6 is 22.7 Å². The molecule has 3 aromatic heterocycles. The van der Waals surface area contributed by atoms with Crippen LogP contribution in [0.3, 0.4) is 0 Å². The molecule has 0 N–H and O–H groups in total. The van der Waals surface area contributed by atoms with E-state index in [1.165, 1.54) is 111 Å². The van der Waals surface area contributed by atoms with E-state index in [0.717, 1.165) is 34.4 Å². The first-order chi connectivity index (χ1) is 30.9. The third-order valence-electron chi connectivity index (χ3n) is 16.5. The van der Waals surface area contributed by atoms with Crippen LogP contribution in [-0.4, -0.2) is 15.0 Å². The molecule has 3 heterocycles. The van der Waals surface area contributed by atoms with Crippen molar-refractivity contribution in [3.8, 4) is 56.4 Å². The molecule has 1 spiro atoms. The second kappa shape index (κ2) is 12.4. The maximum absolute atomic E-state index is 5.56. The van der Waals surface area contributed by atoms with Gasteiger partial charge in [-0.1, -0.05) is 98.8 Å². The molecule has 0 unspecified atom stereocenters. The summed E-state index contributed by atoms with van der Waals surface area (Å²) in [6, 6.07) is 52.7. The third kappa shape index (κ3) is 4.67. The van der Waals surface area contributed by atoms with E-state index >= 15 is 0 Å². The van der Waals surface area contributed by atoms with Gasteiger partial charge in [0.05, 0.1) is 0 Å². The number of hydrogen-bond acceptors (Lipinski definition) is 5. The molecule has 4 bridgehead atoms. The molecule has 7 aromatic carbocycles. The molecule has 3 nitrogen and oxygen atoms in total. The summed E-state index contributed by atoms with van der Waals surface area (Å²) >= 11 is 3.69. The van der Waals surface area contributed by atoms with Crippen molar-refractivity contribution < 1.29 is 0 Å². The van der Waals surface area contributed by atoms with Gasteiger partial charge in [0.1, 0.15) is 0 Å². The summed E-state index contributed by atoms with van der Waals surface area (Å²) < 4.78 is 5.15. The maximum atomic E-state index is 5.56. The smallest absolute Gasteiger partial charge is 0.164 e. The van der Waals surface area contributed by atoms with Crippen LogP contribution in [0.15, 0.2) is 140 Å². The molecule has 16 rings (SSSR count). The van der Waals surface area contributed by atoms with E-state index in [0.29, 0.717) is 23.5 Å². The van der Waals surface area contributed by atoms with Gasteiger partial charge in [0.2, 0.25) is 0 Å². The molecule has 0 atom stereocenters. The number of benzene rings is 7.